The lowest BCUT2D eigenvalue weighted by molar-refractivity contribution is -0.125. The summed E-state index contributed by atoms with van der Waals surface area (Å²) in [7, 11) is 0. The Balaban J connectivity index is 0.943. The van der Waals surface area contributed by atoms with Gasteiger partial charge in [0.05, 0.1) is 17.8 Å². The van der Waals surface area contributed by atoms with E-state index in [2.05, 4.69) is 72.3 Å². The molecule has 4 aromatic carbocycles. The zero-order valence-corrected chi connectivity index (χ0v) is 32.7. The summed E-state index contributed by atoms with van der Waals surface area (Å²) in [5.74, 6) is 2.92. The SMILES string of the molecule is Cc1cc(C=CC(=O)N2CCCN(Cc3ccc(CCOc4ccc(C(C)C)cc4)cc3)CC2)cc(Cl)c1Oc1ccc(OCc2ccccc2Cl)cn1. The average Bonchev–Trinajstić information content (AvgIpc) is 3.42. The number of ether oxygens (including phenoxy) is 3. The summed E-state index contributed by atoms with van der Waals surface area (Å²) in [5, 5.41) is 1.09. The van der Waals surface area contributed by atoms with Crippen LogP contribution in [0.4, 0.5) is 0 Å². The van der Waals surface area contributed by atoms with Crippen molar-refractivity contribution in [2.75, 3.05) is 32.8 Å². The van der Waals surface area contributed by atoms with Gasteiger partial charge in [0.15, 0.2) is 5.75 Å². The summed E-state index contributed by atoms with van der Waals surface area (Å²) in [5.41, 5.74) is 6.39. The number of hydrogen-bond acceptors (Lipinski definition) is 6. The maximum absolute atomic E-state index is 13.2. The molecule has 0 bridgehead atoms. The second-order valence-electron chi connectivity index (χ2n) is 13.9. The number of aryl methyl sites for hydroxylation is 1. The van der Waals surface area contributed by atoms with Crippen LogP contribution in [0.5, 0.6) is 23.1 Å². The van der Waals surface area contributed by atoms with E-state index in [-0.39, 0.29) is 5.91 Å². The number of amides is 1. The van der Waals surface area contributed by atoms with Crippen LogP contribution in [0.25, 0.3) is 6.08 Å². The fourth-order valence-corrected chi connectivity index (χ4v) is 6.81. The van der Waals surface area contributed by atoms with E-state index in [4.69, 9.17) is 37.4 Å². The van der Waals surface area contributed by atoms with Gasteiger partial charge < -0.3 is 19.1 Å². The van der Waals surface area contributed by atoms with E-state index in [0.717, 1.165) is 61.5 Å². The van der Waals surface area contributed by atoms with E-state index in [1.165, 1.54) is 16.7 Å². The molecule has 0 aliphatic carbocycles. The van der Waals surface area contributed by atoms with Gasteiger partial charge in [-0.05, 0) is 89.6 Å². The Bertz CT molecular complexity index is 1990. The minimum absolute atomic E-state index is 0.00515. The Morgan fingerprint density at radius 1 is 0.833 bits per heavy atom. The molecule has 1 aromatic heterocycles. The predicted octanol–water partition coefficient (Wildman–Crippen LogP) is 10.6. The minimum atomic E-state index is -0.00515. The standard InChI is InChI=1S/C45H47Cl2N3O4/c1-32(2)37-14-16-39(17-15-37)52-26-21-34-9-11-35(12-10-34)30-49-22-6-23-50(25-24-49)44(51)20-13-36-27-33(3)45(42(47)28-36)54-43-19-18-40(29-48-43)53-31-38-7-4-5-8-41(38)46/h4-5,7-20,27-29,32H,6,21-26,30-31H2,1-3H3. The first kappa shape index (κ1) is 38.9. The lowest BCUT2D eigenvalue weighted by atomic mass is 10.0. The molecule has 1 aliphatic heterocycles. The van der Waals surface area contributed by atoms with Gasteiger partial charge in [-0.2, -0.15) is 0 Å². The lowest BCUT2D eigenvalue weighted by Gasteiger charge is -2.21. The maximum Gasteiger partial charge on any atom is 0.246 e. The van der Waals surface area contributed by atoms with Gasteiger partial charge in [0.1, 0.15) is 18.1 Å². The van der Waals surface area contributed by atoms with Crippen LogP contribution in [-0.2, 0) is 24.4 Å². The van der Waals surface area contributed by atoms with E-state index in [1.807, 2.05) is 48.2 Å². The quantitative estimate of drug-likeness (QED) is 0.105. The molecule has 280 valence electrons. The third-order valence-corrected chi connectivity index (χ3v) is 10.1. The molecular formula is C45H47Cl2N3O4. The number of carbonyl (C=O) groups is 1. The molecule has 54 heavy (non-hydrogen) atoms. The van der Waals surface area contributed by atoms with Crippen LogP contribution >= 0.6 is 23.2 Å². The topological polar surface area (TPSA) is 64.1 Å². The molecule has 1 saturated heterocycles. The summed E-state index contributed by atoms with van der Waals surface area (Å²) in [6.45, 7) is 11.3. The Kier molecular flexibility index (Phi) is 13.7. The highest BCUT2D eigenvalue weighted by molar-refractivity contribution is 6.32. The van der Waals surface area contributed by atoms with Gasteiger partial charge in [-0.25, -0.2) is 4.98 Å². The van der Waals surface area contributed by atoms with Gasteiger partial charge in [-0.1, -0.05) is 91.6 Å². The van der Waals surface area contributed by atoms with Crippen molar-refractivity contribution >= 4 is 35.2 Å². The lowest BCUT2D eigenvalue weighted by Crippen LogP contribution is -2.34. The summed E-state index contributed by atoms with van der Waals surface area (Å²) in [4.78, 5) is 22.0. The molecule has 2 heterocycles. The van der Waals surface area contributed by atoms with Crippen LogP contribution in [0.1, 0.15) is 59.6 Å². The van der Waals surface area contributed by atoms with Crippen molar-refractivity contribution in [2.45, 2.75) is 52.7 Å². The Morgan fingerprint density at radius 3 is 2.31 bits per heavy atom. The number of nitrogens with zero attached hydrogens (tertiary/aromatic N) is 3. The van der Waals surface area contributed by atoms with Crippen LogP contribution in [-0.4, -0.2) is 53.5 Å². The fourth-order valence-electron chi connectivity index (χ4n) is 6.30. The van der Waals surface area contributed by atoms with E-state index in [9.17, 15) is 4.79 Å². The predicted molar refractivity (Wildman–Crippen MR) is 218 cm³/mol. The van der Waals surface area contributed by atoms with Gasteiger partial charge in [0.25, 0.3) is 0 Å². The van der Waals surface area contributed by atoms with Crippen molar-refractivity contribution in [3.05, 3.63) is 153 Å². The Hall–Kier alpha value is -4.82. The highest BCUT2D eigenvalue weighted by Gasteiger charge is 2.18. The molecule has 1 aliphatic rings. The van der Waals surface area contributed by atoms with E-state index < -0.39 is 0 Å². The molecule has 0 spiro atoms. The number of aromatic nitrogens is 1. The van der Waals surface area contributed by atoms with Crippen LogP contribution in [0, 0.1) is 6.92 Å². The normalized spacial score (nSPS) is 13.6. The summed E-state index contributed by atoms with van der Waals surface area (Å²) < 4.78 is 17.8. The summed E-state index contributed by atoms with van der Waals surface area (Å²) >= 11 is 12.9. The Labute approximate surface area is 329 Å². The van der Waals surface area contributed by atoms with Gasteiger partial charge in [0.2, 0.25) is 11.8 Å². The molecule has 0 radical (unpaired) electrons. The van der Waals surface area contributed by atoms with Gasteiger partial charge in [-0.15, -0.1) is 0 Å². The first-order valence-corrected chi connectivity index (χ1v) is 19.3. The smallest absolute Gasteiger partial charge is 0.246 e. The molecule has 7 nitrogen and oxygen atoms in total. The third kappa shape index (κ3) is 11.1. The van der Waals surface area contributed by atoms with Crippen LogP contribution < -0.4 is 14.2 Å². The highest BCUT2D eigenvalue weighted by atomic mass is 35.5. The molecule has 0 saturated carbocycles. The molecule has 6 rings (SSSR count). The van der Waals surface area contributed by atoms with Crippen molar-refractivity contribution < 1.29 is 19.0 Å². The monoisotopic (exact) mass is 763 g/mol. The second-order valence-corrected chi connectivity index (χ2v) is 14.7. The van der Waals surface area contributed by atoms with E-state index in [0.29, 0.717) is 53.1 Å². The number of rotatable bonds is 14. The molecule has 0 unspecified atom stereocenters. The van der Waals surface area contributed by atoms with E-state index in [1.54, 1.807) is 30.5 Å². The van der Waals surface area contributed by atoms with Crippen LogP contribution in [0.2, 0.25) is 10.0 Å². The van der Waals surface area contributed by atoms with Crippen molar-refractivity contribution in [3.63, 3.8) is 0 Å². The number of hydrogen-bond donors (Lipinski definition) is 0. The number of pyridine rings is 1. The fraction of sp³-hybridized carbons (Fsp3) is 0.289. The average molecular weight is 765 g/mol. The molecule has 1 fully saturated rings. The van der Waals surface area contributed by atoms with E-state index >= 15 is 0 Å². The number of halogens is 2. The van der Waals surface area contributed by atoms with Crippen molar-refractivity contribution in [1.29, 1.82) is 0 Å². The molecule has 9 heteroatoms. The highest BCUT2D eigenvalue weighted by Crippen LogP contribution is 2.34. The number of benzene rings is 4. The van der Waals surface area contributed by atoms with Crippen molar-refractivity contribution in [2.24, 2.45) is 0 Å². The first-order chi connectivity index (χ1) is 26.2. The summed E-state index contributed by atoms with van der Waals surface area (Å²) in [6, 6.07) is 32.0. The van der Waals surface area contributed by atoms with Crippen molar-refractivity contribution in [1.82, 2.24) is 14.8 Å². The van der Waals surface area contributed by atoms with Gasteiger partial charge in [-0.3, -0.25) is 9.69 Å². The summed E-state index contributed by atoms with van der Waals surface area (Å²) in [6.07, 6.45) is 6.83. The molecule has 5 aromatic rings. The number of carbonyl (C=O) groups excluding carboxylic acids is 1. The zero-order valence-electron chi connectivity index (χ0n) is 31.1. The van der Waals surface area contributed by atoms with Gasteiger partial charge >= 0.3 is 0 Å². The second kappa shape index (κ2) is 19.0. The molecule has 0 N–H and O–H groups in total. The third-order valence-electron chi connectivity index (χ3n) is 9.47. The molecule has 1 amide bonds. The molecule has 0 atom stereocenters. The van der Waals surface area contributed by atoms with Crippen molar-refractivity contribution in [3.8, 4) is 23.1 Å². The largest absolute Gasteiger partial charge is 0.493 e. The minimum Gasteiger partial charge on any atom is -0.493 e. The van der Waals surface area contributed by atoms with Crippen LogP contribution in [0.3, 0.4) is 0 Å². The van der Waals surface area contributed by atoms with Gasteiger partial charge in [0, 0.05) is 61.9 Å². The Morgan fingerprint density at radius 2 is 1.59 bits per heavy atom. The maximum atomic E-state index is 13.2. The van der Waals surface area contributed by atoms with Crippen LogP contribution in [0.15, 0.2) is 109 Å². The molecular weight excluding hydrogens is 717 g/mol. The first-order valence-electron chi connectivity index (χ1n) is 18.5. The zero-order chi connectivity index (χ0) is 37.9.